The number of nitrogens with one attached hydrogen (secondary N) is 3. The quantitative estimate of drug-likeness (QED) is 0.349. The van der Waals surface area contributed by atoms with Crippen molar-refractivity contribution in [1.29, 1.82) is 5.41 Å². The zero-order valence-electron chi connectivity index (χ0n) is 11.4. The molecule has 5 N–H and O–H groups in total. The fourth-order valence-corrected chi connectivity index (χ4v) is 1.52. The van der Waals surface area contributed by atoms with E-state index in [2.05, 4.69) is 27.3 Å². The van der Waals surface area contributed by atoms with Crippen LogP contribution >= 0.6 is 11.6 Å². The highest BCUT2D eigenvalue weighted by atomic mass is 35.5. The normalized spacial score (nSPS) is 11.5. The Morgan fingerprint density at radius 1 is 1.50 bits per heavy atom. The van der Waals surface area contributed by atoms with Crippen molar-refractivity contribution >= 4 is 24.2 Å². The zero-order valence-corrected chi connectivity index (χ0v) is 12.2. The first-order valence-corrected chi connectivity index (χ1v) is 6.59. The van der Waals surface area contributed by atoms with E-state index in [-0.39, 0.29) is 11.5 Å². The van der Waals surface area contributed by atoms with E-state index in [1.165, 1.54) is 0 Å². The van der Waals surface area contributed by atoms with Gasteiger partial charge in [-0.1, -0.05) is 24.6 Å². The lowest BCUT2D eigenvalue weighted by molar-refractivity contribution is 0.662. The molecule has 0 radical (unpaired) electrons. The largest absolute Gasteiger partial charge is 0.393 e. The van der Waals surface area contributed by atoms with E-state index < -0.39 is 0 Å². The van der Waals surface area contributed by atoms with Gasteiger partial charge in [-0.3, -0.25) is 5.41 Å². The molecule has 0 aromatic carbocycles. The van der Waals surface area contributed by atoms with Crippen LogP contribution in [0.3, 0.4) is 0 Å². The molecule has 6 nitrogen and oxygen atoms in total. The number of aromatic nitrogens is 1. The van der Waals surface area contributed by atoms with Crippen LogP contribution in [0, 0.1) is 5.41 Å². The van der Waals surface area contributed by atoms with Crippen LogP contribution in [0.1, 0.15) is 18.9 Å². The predicted molar refractivity (Wildman–Crippen MR) is 82.9 cm³/mol. The summed E-state index contributed by atoms with van der Waals surface area (Å²) < 4.78 is 0. The van der Waals surface area contributed by atoms with E-state index >= 15 is 0 Å². The van der Waals surface area contributed by atoms with Crippen LogP contribution in [0.25, 0.3) is 0 Å². The number of hydrogen-bond donors (Lipinski definition) is 4. The Morgan fingerprint density at radius 3 is 2.80 bits per heavy atom. The molecule has 20 heavy (non-hydrogen) atoms. The number of nitrogens with two attached hydrogens (primary N) is 1. The van der Waals surface area contributed by atoms with E-state index in [0.29, 0.717) is 17.5 Å². The van der Waals surface area contributed by atoms with Crippen LogP contribution in [0.2, 0.25) is 5.15 Å². The lowest BCUT2D eigenvalue weighted by atomic mass is 10.3. The maximum atomic E-state index is 7.60. The summed E-state index contributed by atoms with van der Waals surface area (Å²) in [6.45, 7) is 6.60. The summed E-state index contributed by atoms with van der Waals surface area (Å²) in [5.41, 5.74) is 7.05. The molecule has 0 atom stereocenters. The lowest BCUT2D eigenvalue weighted by Gasteiger charge is -2.15. The number of aliphatic imine (C=N–C) groups is 1. The summed E-state index contributed by atoms with van der Waals surface area (Å²) >= 11 is 5.73. The second-order valence-electron chi connectivity index (χ2n) is 4.06. The molecule has 0 fully saturated rings. The molecule has 0 aliphatic heterocycles. The van der Waals surface area contributed by atoms with E-state index in [1.807, 2.05) is 13.0 Å². The smallest absolute Gasteiger partial charge is 0.171 e. The monoisotopic (exact) mass is 294 g/mol. The number of amidine groups is 1. The van der Waals surface area contributed by atoms with Gasteiger partial charge < -0.3 is 16.4 Å². The molecule has 0 aliphatic rings. The maximum absolute atomic E-state index is 7.60. The third kappa shape index (κ3) is 4.89. The van der Waals surface area contributed by atoms with Gasteiger partial charge in [0.15, 0.2) is 5.84 Å². The summed E-state index contributed by atoms with van der Waals surface area (Å²) in [4.78, 5) is 7.53. The van der Waals surface area contributed by atoms with Crippen molar-refractivity contribution in [2.45, 2.75) is 19.9 Å². The first-order chi connectivity index (χ1) is 9.58. The third-order valence-corrected chi connectivity index (χ3v) is 2.72. The van der Waals surface area contributed by atoms with E-state index in [1.54, 1.807) is 12.3 Å². The van der Waals surface area contributed by atoms with Gasteiger partial charge in [0.1, 0.15) is 16.7 Å². The van der Waals surface area contributed by atoms with Crippen LogP contribution in [-0.2, 0) is 6.54 Å². The summed E-state index contributed by atoms with van der Waals surface area (Å²) in [5, 5.41) is 14.3. The van der Waals surface area contributed by atoms with Crippen molar-refractivity contribution in [2.24, 2.45) is 10.7 Å². The number of hydrogen-bond acceptors (Lipinski definition) is 5. The molecule has 1 heterocycles. The van der Waals surface area contributed by atoms with Crippen molar-refractivity contribution in [3.05, 3.63) is 40.6 Å². The average Bonchev–Trinajstić information content (AvgIpc) is 2.47. The molecular formula is C13H19ClN6. The summed E-state index contributed by atoms with van der Waals surface area (Å²) in [6, 6.07) is 3.59. The Bertz CT molecular complexity index is 494. The van der Waals surface area contributed by atoms with Crippen LogP contribution in [0.4, 0.5) is 0 Å². The van der Waals surface area contributed by atoms with E-state index in [0.717, 1.165) is 18.5 Å². The van der Waals surface area contributed by atoms with Crippen molar-refractivity contribution in [3.63, 3.8) is 0 Å². The molecule has 0 unspecified atom stereocenters. The first kappa shape index (κ1) is 16.0. The molecule has 0 saturated carbocycles. The van der Waals surface area contributed by atoms with Crippen LogP contribution < -0.4 is 16.4 Å². The minimum Gasteiger partial charge on any atom is -0.393 e. The predicted octanol–water partition coefficient (Wildman–Crippen LogP) is 1.63. The van der Waals surface area contributed by atoms with Gasteiger partial charge in [0.2, 0.25) is 0 Å². The van der Waals surface area contributed by atoms with Gasteiger partial charge in [-0.2, -0.15) is 0 Å². The third-order valence-electron chi connectivity index (χ3n) is 2.49. The van der Waals surface area contributed by atoms with Crippen molar-refractivity contribution < 1.29 is 0 Å². The fraction of sp³-hybridized carbons (Fsp3) is 0.308. The molecule has 0 aliphatic carbocycles. The van der Waals surface area contributed by atoms with Gasteiger partial charge in [0.05, 0.1) is 0 Å². The molecule has 0 saturated heterocycles. The van der Waals surface area contributed by atoms with Crippen LogP contribution in [0.5, 0.6) is 0 Å². The van der Waals surface area contributed by atoms with Crippen LogP contribution in [0.15, 0.2) is 34.8 Å². The van der Waals surface area contributed by atoms with Crippen molar-refractivity contribution in [1.82, 2.24) is 15.6 Å². The summed E-state index contributed by atoms with van der Waals surface area (Å²) in [7, 11) is 0. The first-order valence-electron chi connectivity index (χ1n) is 6.22. The number of pyridine rings is 1. The Balaban J connectivity index is 2.77. The number of rotatable bonds is 7. The van der Waals surface area contributed by atoms with Crippen LogP contribution in [-0.4, -0.2) is 24.1 Å². The number of halogens is 1. The van der Waals surface area contributed by atoms with Gasteiger partial charge in [-0.25, -0.2) is 9.98 Å². The molecular weight excluding hydrogens is 276 g/mol. The van der Waals surface area contributed by atoms with Crippen molar-refractivity contribution in [3.8, 4) is 0 Å². The summed E-state index contributed by atoms with van der Waals surface area (Å²) in [6.07, 6.45) is 2.62. The average molecular weight is 295 g/mol. The molecule has 1 rings (SSSR count). The molecule has 0 spiro atoms. The molecule has 1 aromatic rings. The Kier molecular flexibility index (Phi) is 6.52. The Morgan fingerprint density at radius 2 is 2.25 bits per heavy atom. The molecule has 108 valence electrons. The maximum Gasteiger partial charge on any atom is 0.171 e. The van der Waals surface area contributed by atoms with Gasteiger partial charge in [0.25, 0.3) is 0 Å². The lowest BCUT2D eigenvalue weighted by Crippen LogP contribution is -2.32. The van der Waals surface area contributed by atoms with E-state index in [4.69, 9.17) is 22.7 Å². The SMILES string of the molecule is C=NC(=N)C(N)=C(NCCC)NCc1ccc(Cl)nc1. The molecule has 1 aromatic heterocycles. The molecule has 0 bridgehead atoms. The van der Waals surface area contributed by atoms with Gasteiger partial charge in [-0.05, 0) is 24.8 Å². The Labute approximate surface area is 123 Å². The topological polar surface area (TPSA) is 99.2 Å². The number of nitrogens with zero attached hydrogens (tertiary/aromatic N) is 2. The van der Waals surface area contributed by atoms with Gasteiger partial charge in [0, 0.05) is 19.3 Å². The van der Waals surface area contributed by atoms with E-state index in [9.17, 15) is 0 Å². The second-order valence-corrected chi connectivity index (χ2v) is 4.45. The zero-order chi connectivity index (χ0) is 15.0. The minimum absolute atomic E-state index is 0.0645. The van der Waals surface area contributed by atoms with Gasteiger partial charge >= 0.3 is 0 Å². The second kappa shape index (κ2) is 8.16. The highest BCUT2D eigenvalue weighted by Crippen LogP contribution is 2.05. The molecule has 0 amide bonds. The van der Waals surface area contributed by atoms with Crippen molar-refractivity contribution in [2.75, 3.05) is 6.54 Å². The highest BCUT2D eigenvalue weighted by molar-refractivity contribution is 6.29. The molecule has 7 heteroatoms. The highest BCUT2D eigenvalue weighted by Gasteiger charge is 2.07. The Hall–Kier alpha value is -2.08. The summed E-state index contributed by atoms with van der Waals surface area (Å²) in [5.74, 6) is 0.504. The standard InChI is InChI=1S/C13H19ClN6/c1-3-6-18-13(11(15)12(16)17-2)20-8-9-4-5-10(14)19-7-9/h4-5,7,16,18,20H,2-3,6,8,15H2,1H3. The van der Waals surface area contributed by atoms with Gasteiger partial charge in [-0.15, -0.1) is 0 Å². The fourth-order valence-electron chi connectivity index (χ4n) is 1.41. The minimum atomic E-state index is -0.0645.